The van der Waals surface area contributed by atoms with Crippen LogP contribution in [0.25, 0.3) is 11.1 Å². The molecule has 0 fully saturated rings. The number of carbonyl (C=O) groups is 1. The summed E-state index contributed by atoms with van der Waals surface area (Å²) in [4.78, 5) is 20.2. The highest BCUT2D eigenvalue weighted by Crippen LogP contribution is 2.40. The molecule has 0 saturated carbocycles. The van der Waals surface area contributed by atoms with E-state index < -0.39 is 0 Å². The molecule has 31 heavy (non-hydrogen) atoms. The first-order chi connectivity index (χ1) is 14.9. The molecule has 2 aromatic rings. The number of ketones is 1. The van der Waals surface area contributed by atoms with Gasteiger partial charge in [-0.15, -0.1) is 0 Å². The van der Waals surface area contributed by atoms with Crippen LogP contribution in [0.1, 0.15) is 72.5 Å². The molecular formula is C27H30N2O2. The first-order valence-corrected chi connectivity index (χ1v) is 11.3. The minimum atomic E-state index is 0.0337. The molecule has 2 bridgehead atoms. The van der Waals surface area contributed by atoms with E-state index in [4.69, 9.17) is 4.74 Å². The van der Waals surface area contributed by atoms with Crippen LogP contribution in [-0.2, 0) is 11.2 Å². The zero-order valence-electron chi connectivity index (χ0n) is 18.6. The maximum atomic E-state index is 12.9. The van der Waals surface area contributed by atoms with Gasteiger partial charge >= 0.3 is 0 Å². The second-order valence-electron chi connectivity index (χ2n) is 9.90. The third-order valence-corrected chi connectivity index (χ3v) is 6.75. The van der Waals surface area contributed by atoms with E-state index in [1.54, 1.807) is 6.20 Å². The number of hydrogen-bond donors (Lipinski definition) is 1. The van der Waals surface area contributed by atoms with Gasteiger partial charge in [-0.05, 0) is 71.6 Å². The quantitative estimate of drug-likeness (QED) is 0.493. The Morgan fingerprint density at radius 1 is 1.26 bits per heavy atom. The molecule has 1 N–H and O–H groups in total. The van der Waals surface area contributed by atoms with Gasteiger partial charge < -0.3 is 9.72 Å². The first-order valence-electron chi connectivity index (χ1n) is 11.3. The molecule has 2 atom stereocenters. The number of aromatic amines is 1. The monoisotopic (exact) mass is 414 g/mol. The van der Waals surface area contributed by atoms with Gasteiger partial charge in [0.1, 0.15) is 0 Å². The number of nitrogens with zero attached hydrogens (tertiary/aromatic N) is 1. The number of imidazole rings is 1. The van der Waals surface area contributed by atoms with Crippen molar-refractivity contribution in [2.45, 2.75) is 65.1 Å². The summed E-state index contributed by atoms with van der Waals surface area (Å²) >= 11 is 0. The number of benzene rings is 1. The maximum Gasteiger partial charge on any atom is 0.202 e. The molecule has 1 aromatic heterocycles. The van der Waals surface area contributed by atoms with Gasteiger partial charge in [-0.1, -0.05) is 44.2 Å². The topological polar surface area (TPSA) is 55.0 Å². The second-order valence-corrected chi connectivity index (χ2v) is 9.90. The zero-order valence-corrected chi connectivity index (χ0v) is 18.6. The minimum Gasteiger partial charge on any atom is -0.362 e. The molecule has 0 radical (unpaired) electrons. The third kappa shape index (κ3) is 4.22. The number of nitrogens with one attached hydrogen (secondary N) is 1. The van der Waals surface area contributed by atoms with Crippen molar-refractivity contribution in [2.75, 3.05) is 0 Å². The average molecular weight is 415 g/mol. The Hall–Kier alpha value is -2.72. The number of H-pyrrole nitrogens is 1. The Morgan fingerprint density at radius 3 is 2.84 bits per heavy atom. The molecule has 4 nitrogen and oxygen atoms in total. The number of aromatic nitrogens is 2. The number of aryl methyl sites for hydroxylation is 1. The fourth-order valence-electron chi connectivity index (χ4n) is 4.80. The maximum absolute atomic E-state index is 12.9. The second kappa shape index (κ2) is 7.76. The summed E-state index contributed by atoms with van der Waals surface area (Å²) in [6.45, 7) is 6.58. The molecule has 3 aliphatic rings. The van der Waals surface area contributed by atoms with Gasteiger partial charge in [-0.25, -0.2) is 4.98 Å². The fourth-order valence-corrected chi connectivity index (χ4v) is 4.80. The largest absolute Gasteiger partial charge is 0.362 e. The number of ether oxygens (including phenoxy) is 1. The Kier molecular flexibility index (Phi) is 5.05. The van der Waals surface area contributed by atoms with Crippen molar-refractivity contribution >= 4 is 16.9 Å². The Balaban J connectivity index is 1.49. The van der Waals surface area contributed by atoms with Crippen LogP contribution < -0.4 is 0 Å². The van der Waals surface area contributed by atoms with Crippen molar-refractivity contribution in [1.29, 1.82) is 0 Å². The first kappa shape index (κ1) is 20.2. The van der Waals surface area contributed by atoms with E-state index in [9.17, 15) is 4.79 Å². The highest BCUT2D eigenvalue weighted by atomic mass is 16.5. The third-order valence-electron chi connectivity index (χ3n) is 6.75. The van der Waals surface area contributed by atoms with E-state index in [2.05, 4.69) is 66.3 Å². The molecule has 0 spiro atoms. The van der Waals surface area contributed by atoms with Crippen molar-refractivity contribution in [3.8, 4) is 0 Å². The van der Waals surface area contributed by atoms with Crippen LogP contribution in [0.5, 0.6) is 0 Å². The van der Waals surface area contributed by atoms with E-state index in [1.165, 1.54) is 28.7 Å². The normalized spacial score (nSPS) is 24.1. The van der Waals surface area contributed by atoms with E-state index in [-0.39, 0.29) is 18.0 Å². The molecule has 5 rings (SSSR count). The zero-order chi connectivity index (χ0) is 21.6. The highest BCUT2D eigenvalue weighted by molar-refractivity contribution is 5.95. The molecule has 2 aliphatic heterocycles. The number of rotatable bonds is 5. The summed E-state index contributed by atoms with van der Waals surface area (Å²) in [6.07, 6.45) is 15.5. The van der Waals surface area contributed by atoms with Crippen LogP contribution in [0.2, 0.25) is 0 Å². The van der Waals surface area contributed by atoms with E-state index in [0.29, 0.717) is 17.7 Å². The number of carbonyl (C=O) groups excluding carboxylic acids is 1. The lowest BCUT2D eigenvalue weighted by atomic mass is 9.76. The van der Waals surface area contributed by atoms with Crippen LogP contribution >= 0.6 is 0 Å². The van der Waals surface area contributed by atoms with Crippen LogP contribution in [-0.4, -0.2) is 28.0 Å². The van der Waals surface area contributed by atoms with E-state index in [0.717, 1.165) is 30.5 Å². The van der Waals surface area contributed by atoms with Gasteiger partial charge in [0.15, 0.2) is 5.82 Å². The van der Waals surface area contributed by atoms with Crippen molar-refractivity contribution in [2.24, 2.45) is 5.41 Å². The lowest BCUT2D eigenvalue weighted by Crippen LogP contribution is -2.17. The molecule has 4 heteroatoms. The lowest BCUT2D eigenvalue weighted by molar-refractivity contribution is 0.0829. The summed E-state index contributed by atoms with van der Waals surface area (Å²) in [5, 5.41) is 0. The van der Waals surface area contributed by atoms with Crippen LogP contribution in [0.15, 0.2) is 48.7 Å². The van der Waals surface area contributed by atoms with Crippen molar-refractivity contribution in [3.63, 3.8) is 0 Å². The van der Waals surface area contributed by atoms with Gasteiger partial charge in [0.05, 0.1) is 12.2 Å². The molecule has 160 valence electrons. The van der Waals surface area contributed by atoms with Gasteiger partial charge in [0.25, 0.3) is 0 Å². The Labute approximate surface area is 184 Å². The van der Waals surface area contributed by atoms with Crippen molar-refractivity contribution in [3.05, 3.63) is 76.9 Å². The number of Topliss-reactive ketones (excluding diaryl/α,β-unsaturated/α-hetero) is 1. The minimum absolute atomic E-state index is 0.0337. The molecule has 1 aromatic carbocycles. The number of fused-ring (bicyclic) bond motifs is 2. The smallest absolute Gasteiger partial charge is 0.202 e. The molecule has 1 aliphatic carbocycles. The predicted molar refractivity (Wildman–Crippen MR) is 124 cm³/mol. The van der Waals surface area contributed by atoms with Gasteiger partial charge in [0, 0.05) is 24.7 Å². The Bertz CT molecular complexity index is 1120. The van der Waals surface area contributed by atoms with E-state index >= 15 is 0 Å². The number of allylic oxidation sites excluding steroid dienone is 2. The van der Waals surface area contributed by atoms with Gasteiger partial charge in [-0.3, -0.25) is 4.79 Å². The molecule has 0 amide bonds. The van der Waals surface area contributed by atoms with E-state index in [1.807, 2.05) is 6.92 Å². The van der Waals surface area contributed by atoms with Crippen LogP contribution in [0, 0.1) is 12.3 Å². The fraction of sp³-hybridized carbons (Fsp3) is 0.407. The van der Waals surface area contributed by atoms with Crippen LogP contribution in [0.4, 0.5) is 0 Å². The summed E-state index contributed by atoms with van der Waals surface area (Å²) in [6, 6.07) is 6.62. The summed E-state index contributed by atoms with van der Waals surface area (Å²) in [5.41, 5.74) is 7.51. The SMILES string of the molecule is Cc1cnc(C(=O)Cc2ccc(C3=C[C@H]4C=C[C@@H](C3)O4)cc2C2=CCC(C)(C)CC2)[nH]1. The Morgan fingerprint density at radius 2 is 2.13 bits per heavy atom. The molecule has 3 heterocycles. The number of hydrogen-bond acceptors (Lipinski definition) is 3. The highest BCUT2D eigenvalue weighted by Gasteiger charge is 2.27. The van der Waals surface area contributed by atoms with Crippen molar-refractivity contribution < 1.29 is 9.53 Å². The van der Waals surface area contributed by atoms with Crippen molar-refractivity contribution in [1.82, 2.24) is 9.97 Å². The molecule has 0 saturated heterocycles. The van der Waals surface area contributed by atoms with Gasteiger partial charge in [0.2, 0.25) is 5.78 Å². The summed E-state index contributed by atoms with van der Waals surface area (Å²) in [5.74, 6) is 0.479. The predicted octanol–water partition coefficient (Wildman–Crippen LogP) is 5.85. The lowest BCUT2D eigenvalue weighted by Gasteiger charge is -2.30. The molecule has 0 unspecified atom stereocenters. The summed E-state index contributed by atoms with van der Waals surface area (Å²) in [7, 11) is 0. The van der Waals surface area contributed by atoms with Crippen LogP contribution in [0.3, 0.4) is 0 Å². The summed E-state index contributed by atoms with van der Waals surface area (Å²) < 4.78 is 5.89. The molecular weight excluding hydrogens is 384 g/mol. The standard InChI is InChI=1S/C27H30N2O2/c1-17-16-28-26(29-17)25(30)15-20-5-4-19(21-12-22-6-7-23(13-21)31-22)14-24(20)18-8-10-27(2,3)11-9-18/h4-8,12,14,16,22-23H,9-11,13,15H2,1-3H3,(H,28,29)/t22-,23+/m1/s1. The average Bonchev–Trinajstić information content (AvgIpc) is 3.33. The van der Waals surface area contributed by atoms with Gasteiger partial charge in [-0.2, -0.15) is 0 Å².